The number of amides is 2. The first-order valence-corrected chi connectivity index (χ1v) is 19.4. The third-order valence-electron chi connectivity index (χ3n) is 9.31. The van der Waals surface area contributed by atoms with Gasteiger partial charge >= 0.3 is 17.6 Å². The van der Waals surface area contributed by atoms with Crippen molar-refractivity contribution in [3.05, 3.63) is 75.9 Å². The maximum Gasteiger partial charge on any atom is 0.352 e. The zero-order valence-electron chi connectivity index (χ0n) is 30.1. The van der Waals surface area contributed by atoms with Crippen LogP contribution in [0, 0.1) is 5.82 Å². The van der Waals surface area contributed by atoms with E-state index in [0.717, 1.165) is 29.4 Å². The average molecular weight is 846 g/mol. The molecule has 0 saturated carbocycles. The predicted octanol–water partition coefficient (Wildman–Crippen LogP) is 0.324. The Morgan fingerprint density at radius 2 is 2.04 bits per heavy atom. The molecule has 0 aliphatic carbocycles. The minimum atomic E-state index is -1.83. The van der Waals surface area contributed by atoms with E-state index in [0.29, 0.717) is 17.8 Å². The third kappa shape index (κ3) is 7.82. The number of rotatable bonds is 14. The van der Waals surface area contributed by atoms with Crippen LogP contribution < -0.4 is 26.7 Å². The number of aliphatic carboxylic acids is 2. The van der Waals surface area contributed by atoms with E-state index >= 15 is 4.39 Å². The molecule has 8 N–H and O–H groups in total. The van der Waals surface area contributed by atoms with Crippen molar-refractivity contribution in [1.29, 1.82) is 0 Å². The van der Waals surface area contributed by atoms with Crippen LogP contribution in [-0.2, 0) is 41.9 Å². The Morgan fingerprint density at radius 1 is 1.25 bits per heavy atom. The Labute approximate surface area is 335 Å². The highest BCUT2D eigenvalue weighted by molar-refractivity contribution is 8.00. The summed E-state index contributed by atoms with van der Waals surface area (Å²) in [6.07, 6.45) is 5.84. The number of nitrogens with one attached hydrogen (secondary N) is 2. The number of hydrogen-bond donors (Lipinski definition) is 6. The Bertz CT molecular complexity index is 2360. The van der Waals surface area contributed by atoms with Gasteiger partial charge in [0.2, 0.25) is 17.1 Å². The second-order valence-corrected chi connectivity index (χ2v) is 15.9. The number of carboxylic acids is 2. The van der Waals surface area contributed by atoms with Gasteiger partial charge in [0.1, 0.15) is 41.8 Å². The highest BCUT2D eigenvalue weighted by atomic mass is 35.5. The van der Waals surface area contributed by atoms with Gasteiger partial charge in [0.05, 0.1) is 23.8 Å². The van der Waals surface area contributed by atoms with Crippen molar-refractivity contribution in [2.24, 2.45) is 16.0 Å². The van der Waals surface area contributed by atoms with Crippen LogP contribution in [0.2, 0.25) is 5.02 Å². The second kappa shape index (κ2) is 15.6. The summed E-state index contributed by atoms with van der Waals surface area (Å²) < 4.78 is 24.6. The summed E-state index contributed by atoms with van der Waals surface area (Å²) in [4.78, 5) is 66.6. The number of carbonyl (C=O) groups is 4. The Morgan fingerprint density at radius 3 is 2.70 bits per heavy atom. The topological polar surface area (TPSA) is 270 Å². The molecule has 4 aromatic rings. The fourth-order valence-corrected chi connectivity index (χ4v) is 8.24. The number of fused-ring (bicyclic) bond motifs is 2. The van der Waals surface area contributed by atoms with Crippen molar-refractivity contribution in [2.45, 2.75) is 56.5 Å². The highest BCUT2D eigenvalue weighted by Crippen LogP contribution is 2.41. The number of nitrogens with zero attached hydrogens (tertiary/aromatic N) is 8. The number of oxime groups is 2. The lowest BCUT2D eigenvalue weighted by Crippen LogP contribution is -2.71. The van der Waals surface area contributed by atoms with Gasteiger partial charge < -0.3 is 42.0 Å². The van der Waals surface area contributed by atoms with Gasteiger partial charge in [-0.25, -0.2) is 23.2 Å². The minimum absolute atomic E-state index is 0.00397. The normalized spacial score (nSPS) is 20.1. The average Bonchev–Trinajstić information content (AvgIpc) is 3.99. The molecule has 0 bridgehead atoms. The first-order chi connectivity index (χ1) is 27.1. The molecule has 24 heteroatoms. The van der Waals surface area contributed by atoms with Gasteiger partial charge in [-0.05, 0) is 38.1 Å². The van der Waals surface area contributed by atoms with Gasteiger partial charge in [-0.3, -0.25) is 14.5 Å². The Kier molecular flexibility index (Phi) is 10.8. The van der Waals surface area contributed by atoms with Crippen LogP contribution in [-0.4, -0.2) is 111 Å². The Balaban J connectivity index is 1.06. The van der Waals surface area contributed by atoms with E-state index in [-0.39, 0.29) is 63.6 Å². The molecule has 300 valence electrons. The summed E-state index contributed by atoms with van der Waals surface area (Å²) in [5, 5.41) is 32.4. The molecular weight excluding hydrogens is 811 g/mol. The van der Waals surface area contributed by atoms with E-state index in [2.05, 4.69) is 30.3 Å². The maximum atomic E-state index is 15.4. The second-order valence-electron chi connectivity index (χ2n) is 13.6. The van der Waals surface area contributed by atoms with Crippen LogP contribution in [0.25, 0.3) is 5.65 Å². The van der Waals surface area contributed by atoms with E-state index in [4.69, 9.17) is 32.7 Å². The summed E-state index contributed by atoms with van der Waals surface area (Å²) >= 11 is 8.53. The molecule has 57 heavy (non-hydrogen) atoms. The molecule has 3 aliphatic heterocycles. The van der Waals surface area contributed by atoms with Crippen LogP contribution in [0.5, 0.6) is 0 Å². The fraction of sp³-hybridized carbons (Fsp3) is 0.364. The first kappa shape index (κ1) is 39.5. The van der Waals surface area contributed by atoms with E-state index in [1.807, 2.05) is 0 Å². The first-order valence-electron chi connectivity index (χ1n) is 17.2. The fourth-order valence-electron chi connectivity index (χ4n) is 6.20. The maximum absolute atomic E-state index is 15.4. The summed E-state index contributed by atoms with van der Waals surface area (Å²) in [6.45, 7) is 4.02. The number of thioether (sulfide) groups is 1. The van der Waals surface area contributed by atoms with E-state index in [1.54, 1.807) is 38.4 Å². The molecule has 6 heterocycles. The molecule has 3 atom stereocenters. The number of anilines is 1. The molecule has 0 radical (unpaired) electrons. The molecule has 1 aromatic carbocycles. The molecular formula is C33H35ClFN12O8S2+. The van der Waals surface area contributed by atoms with Gasteiger partial charge in [-0.1, -0.05) is 21.9 Å². The van der Waals surface area contributed by atoms with E-state index in [1.165, 1.54) is 37.7 Å². The highest BCUT2D eigenvalue weighted by Gasteiger charge is 2.54. The lowest BCUT2D eigenvalue weighted by Gasteiger charge is -2.49. The summed E-state index contributed by atoms with van der Waals surface area (Å²) in [7, 11) is 0. The Hall–Kier alpha value is -5.78. The number of nitrogen functional groups attached to an aromatic ring is 1. The monoisotopic (exact) mass is 845 g/mol. The third-order valence-corrected chi connectivity index (χ3v) is 11.5. The number of amidine groups is 1. The number of halogens is 2. The zero-order valence-corrected chi connectivity index (χ0v) is 32.5. The molecule has 7 rings (SSSR count). The van der Waals surface area contributed by atoms with Crippen LogP contribution >= 0.6 is 34.9 Å². The van der Waals surface area contributed by atoms with Crippen LogP contribution in [0.3, 0.4) is 0 Å². The molecule has 0 spiro atoms. The number of carbonyl (C=O) groups excluding carboxylic acids is 2. The van der Waals surface area contributed by atoms with Gasteiger partial charge in [-0.2, -0.15) is 9.36 Å². The van der Waals surface area contributed by atoms with Crippen LogP contribution in [0.1, 0.15) is 37.2 Å². The number of imidazole rings is 1. The molecule has 3 aromatic heterocycles. The van der Waals surface area contributed by atoms with Crippen molar-refractivity contribution in [1.82, 2.24) is 34.1 Å². The van der Waals surface area contributed by atoms with Gasteiger partial charge in [0, 0.05) is 41.4 Å². The predicted molar refractivity (Wildman–Crippen MR) is 203 cm³/mol. The number of nitrogens with two attached hydrogens (primary N) is 2. The van der Waals surface area contributed by atoms with Gasteiger partial charge in [0.25, 0.3) is 11.8 Å². The quantitative estimate of drug-likeness (QED) is 0.0328. The van der Waals surface area contributed by atoms with Crippen molar-refractivity contribution in [3.8, 4) is 0 Å². The lowest BCUT2D eigenvalue weighted by atomic mass is 10.0. The molecule has 1 unspecified atom stereocenters. The largest absolute Gasteiger partial charge is 0.478 e. The number of carboxylic acid groups (broad SMARTS) is 2. The number of hydrogen-bond acceptors (Lipinski definition) is 14. The van der Waals surface area contributed by atoms with Crippen LogP contribution in [0.15, 0.2) is 58.4 Å². The van der Waals surface area contributed by atoms with E-state index < -0.39 is 52.3 Å². The molecule has 2 fully saturated rings. The van der Waals surface area contributed by atoms with Gasteiger partial charge in [-0.15, -0.1) is 16.3 Å². The molecule has 2 amide bonds. The van der Waals surface area contributed by atoms with Crippen molar-refractivity contribution in [3.63, 3.8) is 0 Å². The lowest BCUT2D eigenvalue weighted by molar-refractivity contribution is -0.662. The summed E-state index contributed by atoms with van der Waals surface area (Å²) in [5.41, 5.74) is 10.7. The van der Waals surface area contributed by atoms with E-state index in [9.17, 15) is 29.4 Å². The van der Waals surface area contributed by atoms with Gasteiger partial charge in [0.15, 0.2) is 17.2 Å². The number of benzene rings is 1. The summed E-state index contributed by atoms with van der Waals surface area (Å²) in [5.74, 6) is -5.02. The smallest absolute Gasteiger partial charge is 0.352 e. The van der Waals surface area contributed by atoms with Crippen LogP contribution in [0.4, 0.5) is 9.52 Å². The summed E-state index contributed by atoms with van der Waals surface area (Å²) in [6, 6.07) is 3.37. The van der Waals surface area contributed by atoms with Crippen molar-refractivity contribution < 1.29 is 48.0 Å². The molecule has 20 nitrogen and oxygen atoms in total. The minimum Gasteiger partial charge on any atom is -0.478 e. The standard InChI is InChI=1S/C33H34ClFN12O8S2/c1-33(2,31(52)53)55-41-22(26-40-32(37)57-43-26)27(48)39-23-28(49)47-24(30(50)51)16(14-56-29(23)47)12-45-6-4-21-44(7-8-46(21)45)13-18-19(34)9-15(10-20(18)35)25(36)42-54-17-3-5-38-11-17/h4,6-10,17,23,29,38H,3,5,11-14H2,1-2H3,(H6-,36,37,39,40,42,43,48,50,51,52,53)/p+1/b41-22-/t17?,23-,29-/m1/s1. The molecule has 2 saturated heterocycles. The van der Waals surface area contributed by atoms with Crippen molar-refractivity contribution in [2.75, 3.05) is 24.6 Å². The number of β-lactam (4-membered cyclic amide) rings is 1. The molecule has 3 aliphatic rings. The van der Waals surface area contributed by atoms with Crippen molar-refractivity contribution >= 4 is 81.0 Å². The SMILES string of the molecule is CC(C)(O/N=C(\C(=O)N[C@@H]1C(=O)N2C(C(=O)O)=C(Cn3ccc4n3cc[n+]4Cc3c(F)cc(/C(N)=N/OC4CCNC4)cc3Cl)CS[C@H]12)c1nsc(N)n1)C(=O)O. The number of aromatic nitrogens is 5. The zero-order chi connectivity index (χ0) is 40.8.